The predicted molar refractivity (Wildman–Crippen MR) is 164 cm³/mol. The van der Waals surface area contributed by atoms with Crippen LogP contribution in [0, 0.1) is 13.8 Å². The van der Waals surface area contributed by atoms with Gasteiger partial charge in [0.25, 0.3) is 0 Å². The summed E-state index contributed by atoms with van der Waals surface area (Å²) in [6, 6.07) is 11.5. The number of rotatable bonds is 7. The van der Waals surface area contributed by atoms with Gasteiger partial charge in [-0.3, -0.25) is 15.6 Å². The number of aryl methyl sites for hydroxylation is 2. The Hall–Kier alpha value is -2.43. The molecule has 1 heterocycles. The summed E-state index contributed by atoms with van der Waals surface area (Å²) in [5.74, 6) is 0.350. The molecule has 0 saturated carbocycles. The minimum atomic E-state index is -0.209. The fourth-order valence-corrected chi connectivity index (χ4v) is 4.68. The van der Waals surface area contributed by atoms with Crippen molar-refractivity contribution in [2.45, 2.75) is 74.8 Å². The van der Waals surface area contributed by atoms with Crippen molar-refractivity contribution in [1.29, 1.82) is 0 Å². The molecular formula is C30H43ClN3O2P. The van der Waals surface area contributed by atoms with E-state index in [4.69, 9.17) is 11.6 Å². The van der Waals surface area contributed by atoms with Crippen LogP contribution >= 0.6 is 20.8 Å². The summed E-state index contributed by atoms with van der Waals surface area (Å²) in [6.45, 7) is 18.1. The molecule has 0 aliphatic carbocycles. The molecule has 3 aromatic rings. The van der Waals surface area contributed by atoms with E-state index in [0.717, 1.165) is 38.4 Å². The number of pyridine rings is 1. The smallest absolute Gasteiger partial charge is 0.107 e. The van der Waals surface area contributed by atoms with Gasteiger partial charge in [0.2, 0.25) is 0 Å². The number of halogens is 1. The number of allylic oxidation sites excluding steroid dienone is 1. The van der Waals surface area contributed by atoms with E-state index in [-0.39, 0.29) is 6.61 Å². The fourth-order valence-electron chi connectivity index (χ4n) is 4.02. The van der Waals surface area contributed by atoms with Gasteiger partial charge in [0.05, 0.1) is 17.3 Å². The molecule has 37 heavy (non-hydrogen) atoms. The zero-order valence-electron chi connectivity index (χ0n) is 23.6. The zero-order valence-corrected chi connectivity index (χ0v) is 25.6. The quantitative estimate of drug-likeness (QED) is 0.207. The number of hydrogen-bond acceptors (Lipinski definition) is 5. The summed E-state index contributed by atoms with van der Waals surface area (Å²) in [5, 5.41) is 22.5. The molecule has 0 spiro atoms. The molecule has 0 aliphatic rings. The molecule has 7 heteroatoms. The number of anilines is 2. The molecule has 0 bridgehead atoms. The molecule has 0 fully saturated rings. The summed E-state index contributed by atoms with van der Waals surface area (Å²) in [6.07, 6.45) is 3.96. The molecule has 1 unspecified atom stereocenters. The van der Waals surface area contributed by atoms with Crippen LogP contribution in [0.3, 0.4) is 0 Å². The van der Waals surface area contributed by atoms with Gasteiger partial charge in [0, 0.05) is 22.8 Å². The second-order valence-corrected chi connectivity index (χ2v) is 9.28. The summed E-state index contributed by atoms with van der Waals surface area (Å²) >= 11 is 6.41. The molecule has 1 atom stereocenters. The molecule has 0 amide bonds. The predicted octanol–water partition coefficient (Wildman–Crippen LogP) is 8.19. The standard InChI is InChI=1S/C26H31ClN3O2P.2C2H6/c1-6-19(24-17(5)28-11-10-20(24)15(2)3)21-8-7-9-22(26(21)33)29-30(32)23-13-16(4)12-18(14-31)25(23)27;2*1-2/h6-13,15,29,31-32H,14,33H2,1-5H3;2*1-2H3/b19-6-;;. The minimum absolute atomic E-state index is 0.209. The molecule has 3 N–H and O–H groups in total. The normalized spacial score (nSPS) is 10.8. The Morgan fingerprint density at radius 2 is 1.78 bits per heavy atom. The highest BCUT2D eigenvalue weighted by Gasteiger charge is 2.19. The molecule has 5 nitrogen and oxygen atoms in total. The molecule has 0 saturated heterocycles. The van der Waals surface area contributed by atoms with Crippen LogP contribution < -0.4 is 15.9 Å². The van der Waals surface area contributed by atoms with Gasteiger partial charge in [0.1, 0.15) is 5.69 Å². The number of benzene rings is 2. The molecule has 0 radical (unpaired) electrons. The van der Waals surface area contributed by atoms with Crippen molar-refractivity contribution >= 4 is 43.1 Å². The Bertz CT molecular complexity index is 1200. The summed E-state index contributed by atoms with van der Waals surface area (Å²) in [4.78, 5) is 4.54. The zero-order chi connectivity index (χ0) is 28.3. The molecule has 0 aliphatic heterocycles. The van der Waals surface area contributed by atoms with Crippen molar-refractivity contribution in [3.8, 4) is 0 Å². The second kappa shape index (κ2) is 15.7. The number of nitrogens with one attached hydrogen (secondary N) is 1. The van der Waals surface area contributed by atoms with Crippen molar-refractivity contribution in [2.24, 2.45) is 0 Å². The lowest BCUT2D eigenvalue weighted by atomic mass is 9.88. The Balaban J connectivity index is 0.00000163. The van der Waals surface area contributed by atoms with Crippen molar-refractivity contribution in [2.75, 3.05) is 10.6 Å². The lowest BCUT2D eigenvalue weighted by molar-refractivity contribution is 0.274. The van der Waals surface area contributed by atoms with Gasteiger partial charge in [-0.05, 0) is 72.7 Å². The maximum absolute atomic E-state index is 10.8. The van der Waals surface area contributed by atoms with Gasteiger partial charge >= 0.3 is 0 Å². The number of aromatic nitrogens is 1. The highest BCUT2D eigenvalue weighted by molar-refractivity contribution is 7.28. The lowest BCUT2D eigenvalue weighted by Crippen LogP contribution is -2.28. The molecule has 202 valence electrons. The Kier molecular flexibility index (Phi) is 13.9. The highest BCUT2D eigenvalue weighted by atomic mass is 35.5. The third-order valence-electron chi connectivity index (χ3n) is 5.65. The summed E-state index contributed by atoms with van der Waals surface area (Å²) in [5.41, 5.74) is 11.0. The van der Waals surface area contributed by atoms with Crippen LogP contribution in [0.15, 0.2) is 48.7 Å². The van der Waals surface area contributed by atoms with Gasteiger partial charge in [-0.15, -0.1) is 9.24 Å². The lowest BCUT2D eigenvalue weighted by Gasteiger charge is -2.24. The Labute approximate surface area is 230 Å². The van der Waals surface area contributed by atoms with Gasteiger partial charge in [0.15, 0.2) is 0 Å². The van der Waals surface area contributed by atoms with E-state index in [2.05, 4.69) is 51.7 Å². The van der Waals surface area contributed by atoms with Gasteiger partial charge in [-0.2, -0.15) is 5.17 Å². The van der Waals surface area contributed by atoms with Gasteiger partial charge in [-0.1, -0.05) is 77.4 Å². The average molecular weight is 544 g/mol. The van der Waals surface area contributed by atoms with E-state index < -0.39 is 0 Å². The Morgan fingerprint density at radius 3 is 2.35 bits per heavy atom. The third kappa shape index (κ3) is 7.78. The number of nitrogens with zero attached hydrogens (tertiary/aromatic N) is 2. The van der Waals surface area contributed by atoms with Crippen LogP contribution in [0.5, 0.6) is 0 Å². The monoisotopic (exact) mass is 543 g/mol. The molecule has 2 aromatic carbocycles. The first-order valence-corrected chi connectivity index (χ1v) is 13.8. The maximum atomic E-state index is 10.8. The van der Waals surface area contributed by atoms with E-state index in [9.17, 15) is 10.3 Å². The van der Waals surface area contributed by atoms with E-state index >= 15 is 0 Å². The van der Waals surface area contributed by atoms with Crippen LogP contribution in [0.25, 0.3) is 5.57 Å². The van der Waals surface area contributed by atoms with Crippen molar-refractivity contribution in [1.82, 2.24) is 4.98 Å². The summed E-state index contributed by atoms with van der Waals surface area (Å²) in [7, 11) is 2.78. The summed E-state index contributed by atoms with van der Waals surface area (Å²) < 4.78 is 0. The van der Waals surface area contributed by atoms with Crippen LogP contribution in [0.2, 0.25) is 5.02 Å². The number of hydrazine groups is 1. The average Bonchev–Trinajstić information content (AvgIpc) is 2.90. The largest absolute Gasteiger partial charge is 0.392 e. The van der Waals surface area contributed by atoms with Crippen molar-refractivity contribution in [3.05, 3.63) is 87.2 Å². The fraction of sp³-hybridized carbons (Fsp3) is 0.367. The molecular weight excluding hydrogens is 501 g/mol. The second-order valence-electron chi connectivity index (χ2n) is 8.32. The molecule has 3 rings (SSSR count). The van der Waals surface area contributed by atoms with E-state index in [1.165, 1.54) is 5.56 Å². The van der Waals surface area contributed by atoms with Crippen molar-refractivity contribution < 1.29 is 10.3 Å². The van der Waals surface area contributed by atoms with E-state index in [0.29, 0.717) is 27.9 Å². The van der Waals surface area contributed by atoms with Crippen LogP contribution in [0.1, 0.15) is 87.9 Å². The Morgan fingerprint density at radius 1 is 1.14 bits per heavy atom. The van der Waals surface area contributed by atoms with Crippen LogP contribution in [-0.4, -0.2) is 15.3 Å². The number of aliphatic hydroxyl groups excluding tert-OH is 1. The van der Waals surface area contributed by atoms with Gasteiger partial charge in [-0.25, -0.2) is 0 Å². The highest BCUT2D eigenvalue weighted by Crippen LogP contribution is 2.34. The SMILES string of the molecule is C/C=C(/c1cccc(NN(O)c2cc(C)cc(CO)c2Cl)c1P)c1c(C(C)C)ccnc1C.CC.CC. The first kappa shape index (κ1) is 32.6. The van der Waals surface area contributed by atoms with Crippen LogP contribution in [-0.2, 0) is 6.61 Å². The first-order chi connectivity index (χ1) is 17.7. The molecule has 1 aromatic heterocycles. The first-order valence-electron chi connectivity index (χ1n) is 12.9. The van der Waals surface area contributed by atoms with Crippen LogP contribution in [0.4, 0.5) is 11.4 Å². The number of hydrogen-bond donors (Lipinski definition) is 3. The topological polar surface area (TPSA) is 68.6 Å². The van der Waals surface area contributed by atoms with E-state index in [1.807, 2.05) is 66.8 Å². The van der Waals surface area contributed by atoms with Gasteiger partial charge < -0.3 is 5.11 Å². The third-order valence-corrected chi connectivity index (χ3v) is 6.71. The van der Waals surface area contributed by atoms with Crippen molar-refractivity contribution in [3.63, 3.8) is 0 Å². The maximum Gasteiger partial charge on any atom is 0.107 e. The van der Waals surface area contributed by atoms with E-state index in [1.54, 1.807) is 12.1 Å². The minimum Gasteiger partial charge on any atom is -0.392 e. The number of aliphatic hydroxyl groups is 1.